The smallest absolute Gasteiger partial charge is 0.252 e. The van der Waals surface area contributed by atoms with E-state index in [2.05, 4.69) is 22.2 Å². The number of benzene rings is 1. The Kier molecular flexibility index (Phi) is 6.43. The normalized spacial score (nSPS) is 16.3. The number of para-hydroxylation sites is 1. The molecule has 1 N–H and O–H groups in total. The van der Waals surface area contributed by atoms with Gasteiger partial charge in [0.2, 0.25) is 0 Å². The van der Waals surface area contributed by atoms with E-state index < -0.39 is 0 Å². The van der Waals surface area contributed by atoms with E-state index in [0.29, 0.717) is 5.56 Å². The highest BCUT2D eigenvalue weighted by Crippen LogP contribution is 2.24. The number of carbonyl (C=O) groups excluding carboxylic acids is 1. The molecule has 0 radical (unpaired) electrons. The summed E-state index contributed by atoms with van der Waals surface area (Å²) < 4.78 is 1.75. The number of rotatable bonds is 6. The van der Waals surface area contributed by atoms with Gasteiger partial charge in [-0.15, -0.1) is 0 Å². The van der Waals surface area contributed by atoms with Crippen LogP contribution in [0.15, 0.2) is 42.6 Å². The van der Waals surface area contributed by atoms with Gasteiger partial charge >= 0.3 is 0 Å². The number of fused-ring (bicyclic) bond motifs is 1. The summed E-state index contributed by atoms with van der Waals surface area (Å²) in [7, 11) is 1.88. The third-order valence-electron chi connectivity index (χ3n) is 5.89. The van der Waals surface area contributed by atoms with Crippen LogP contribution < -0.4 is 5.32 Å². The van der Waals surface area contributed by atoms with E-state index in [1.54, 1.807) is 4.68 Å². The molecule has 0 aliphatic carbocycles. The minimum atomic E-state index is -0.0471. The van der Waals surface area contributed by atoms with Crippen LogP contribution in [0.3, 0.4) is 0 Å². The van der Waals surface area contributed by atoms with Crippen molar-refractivity contribution < 1.29 is 4.79 Å². The van der Waals surface area contributed by atoms with E-state index in [1.165, 1.54) is 38.8 Å². The molecule has 3 heterocycles. The Morgan fingerprint density at radius 3 is 2.60 bits per heavy atom. The SMILES string of the molecule is CC(CCN1CCCCCC1)NC(=O)c1cc(-c2ccn(C)n2)nc2ccccc12. The van der Waals surface area contributed by atoms with Gasteiger partial charge in [0.15, 0.2) is 0 Å². The molecule has 1 atom stereocenters. The Morgan fingerprint density at radius 2 is 1.87 bits per heavy atom. The van der Waals surface area contributed by atoms with E-state index in [1.807, 2.05) is 49.6 Å². The first-order chi connectivity index (χ1) is 14.6. The van der Waals surface area contributed by atoms with Crippen molar-refractivity contribution in [1.29, 1.82) is 0 Å². The fraction of sp³-hybridized carbons (Fsp3) is 0.458. The monoisotopic (exact) mass is 405 g/mol. The summed E-state index contributed by atoms with van der Waals surface area (Å²) >= 11 is 0. The van der Waals surface area contributed by atoms with Gasteiger partial charge in [-0.2, -0.15) is 5.10 Å². The lowest BCUT2D eigenvalue weighted by Gasteiger charge is -2.22. The maximum atomic E-state index is 13.2. The number of nitrogens with one attached hydrogen (secondary N) is 1. The lowest BCUT2D eigenvalue weighted by molar-refractivity contribution is 0.0937. The van der Waals surface area contributed by atoms with Crippen molar-refractivity contribution >= 4 is 16.8 Å². The quantitative estimate of drug-likeness (QED) is 0.673. The average molecular weight is 406 g/mol. The second-order valence-corrected chi connectivity index (χ2v) is 8.37. The van der Waals surface area contributed by atoms with Crippen LogP contribution in [0.4, 0.5) is 0 Å². The Bertz CT molecular complexity index is 1000. The predicted octanol–water partition coefficient (Wildman–Crippen LogP) is 4.02. The summed E-state index contributed by atoms with van der Waals surface area (Å²) in [4.78, 5) is 20.4. The van der Waals surface area contributed by atoms with E-state index >= 15 is 0 Å². The van der Waals surface area contributed by atoms with Crippen LogP contribution in [0.2, 0.25) is 0 Å². The first-order valence-electron chi connectivity index (χ1n) is 11.0. The molecule has 1 saturated heterocycles. The number of carbonyl (C=O) groups is 1. The van der Waals surface area contributed by atoms with Crippen LogP contribution in [0.1, 0.15) is 49.4 Å². The summed E-state index contributed by atoms with van der Waals surface area (Å²) in [6, 6.07) is 11.7. The number of likely N-dealkylation sites (tertiary alicyclic amines) is 1. The number of nitrogens with zero attached hydrogens (tertiary/aromatic N) is 4. The molecule has 6 nitrogen and oxygen atoms in total. The fourth-order valence-corrected chi connectivity index (χ4v) is 4.16. The third kappa shape index (κ3) is 4.87. The lowest BCUT2D eigenvalue weighted by atomic mass is 10.1. The third-order valence-corrected chi connectivity index (χ3v) is 5.89. The van der Waals surface area contributed by atoms with Crippen LogP contribution in [-0.2, 0) is 7.05 Å². The van der Waals surface area contributed by atoms with Crippen molar-refractivity contribution in [3.63, 3.8) is 0 Å². The van der Waals surface area contributed by atoms with Gasteiger partial charge in [0, 0.05) is 31.2 Å². The van der Waals surface area contributed by atoms with Gasteiger partial charge in [0.05, 0.1) is 16.8 Å². The summed E-state index contributed by atoms with van der Waals surface area (Å²) in [5, 5.41) is 8.53. The molecular formula is C24H31N5O. The summed E-state index contributed by atoms with van der Waals surface area (Å²) in [5.41, 5.74) is 2.95. The molecule has 1 fully saturated rings. The van der Waals surface area contributed by atoms with Crippen molar-refractivity contribution in [3.05, 3.63) is 48.2 Å². The van der Waals surface area contributed by atoms with E-state index in [0.717, 1.165) is 35.3 Å². The summed E-state index contributed by atoms with van der Waals surface area (Å²) in [6.07, 6.45) is 8.12. The Hall–Kier alpha value is -2.73. The number of hydrogen-bond donors (Lipinski definition) is 1. The largest absolute Gasteiger partial charge is 0.350 e. The predicted molar refractivity (Wildman–Crippen MR) is 120 cm³/mol. The minimum Gasteiger partial charge on any atom is -0.350 e. The first kappa shape index (κ1) is 20.5. The van der Waals surface area contributed by atoms with E-state index in [4.69, 9.17) is 4.98 Å². The maximum absolute atomic E-state index is 13.2. The first-order valence-corrected chi connectivity index (χ1v) is 11.0. The highest BCUT2D eigenvalue weighted by Gasteiger charge is 2.17. The van der Waals surface area contributed by atoms with Gasteiger partial charge in [-0.05, 0) is 57.5 Å². The van der Waals surface area contributed by atoms with Crippen molar-refractivity contribution in [1.82, 2.24) is 25.0 Å². The van der Waals surface area contributed by atoms with E-state index in [-0.39, 0.29) is 11.9 Å². The average Bonchev–Trinajstić information content (AvgIpc) is 3.02. The number of hydrogen-bond acceptors (Lipinski definition) is 4. The van der Waals surface area contributed by atoms with Gasteiger partial charge in [-0.3, -0.25) is 9.48 Å². The second kappa shape index (κ2) is 9.39. The molecule has 6 heteroatoms. The van der Waals surface area contributed by atoms with Crippen molar-refractivity contribution in [2.24, 2.45) is 7.05 Å². The molecule has 4 rings (SSSR count). The molecule has 30 heavy (non-hydrogen) atoms. The zero-order valence-electron chi connectivity index (χ0n) is 18.0. The standard InChI is InChI=1S/C24H31N5O/c1-18(11-16-29-13-7-3-4-8-14-29)25-24(30)20-17-23(22-12-15-28(2)27-22)26-21-10-6-5-9-19(20)21/h5-6,9-10,12,15,17-18H,3-4,7-8,11,13-14,16H2,1-2H3,(H,25,30). The van der Waals surface area contributed by atoms with Crippen LogP contribution in [0.25, 0.3) is 22.3 Å². The summed E-state index contributed by atoms with van der Waals surface area (Å²) in [5.74, 6) is -0.0471. The molecule has 1 aromatic carbocycles. The zero-order valence-corrected chi connectivity index (χ0v) is 18.0. The highest BCUT2D eigenvalue weighted by atomic mass is 16.1. The molecule has 0 saturated carbocycles. The van der Waals surface area contributed by atoms with E-state index in [9.17, 15) is 4.79 Å². The number of pyridine rings is 1. The topological polar surface area (TPSA) is 63.1 Å². The molecule has 158 valence electrons. The van der Waals surface area contributed by atoms with Crippen LogP contribution in [0, 0.1) is 0 Å². The van der Waals surface area contributed by atoms with Gasteiger partial charge in [0.1, 0.15) is 5.69 Å². The molecule has 1 aliphatic heterocycles. The van der Waals surface area contributed by atoms with Gasteiger partial charge in [-0.1, -0.05) is 31.0 Å². The fourth-order valence-electron chi connectivity index (χ4n) is 4.16. The highest BCUT2D eigenvalue weighted by molar-refractivity contribution is 6.07. The molecular weight excluding hydrogens is 374 g/mol. The van der Waals surface area contributed by atoms with Crippen molar-refractivity contribution in [2.45, 2.75) is 45.1 Å². The van der Waals surface area contributed by atoms with Gasteiger partial charge < -0.3 is 10.2 Å². The summed E-state index contributed by atoms with van der Waals surface area (Å²) in [6.45, 7) is 5.50. The van der Waals surface area contributed by atoms with Gasteiger partial charge in [0.25, 0.3) is 5.91 Å². The zero-order chi connectivity index (χ0) is 20.9. The number of amides is 1. The van der Waals surface area contributed by atoms with Gasteiger partial charge in [-0.25, -0.2) is 4.98 Å². The second-order valence-electron chi connectivity index (χ2n) is 8.37. The molecule has 1 unspecified atom stereocenters. The van der Waals surface area contributed by atoms with Crippen molar-refractivity contribution in [2.75, 3.05) is 19.6 Å². The molecule has 1 aliphatic rings. The van der Waals surface area contributed by atoms with Crippen LogP contribution in [-0.4, -0.2) is 51.2 Å². The molecule has 0 bridgehead atoms. The molecule has 1 amide bonds. The van der Waals surface area contributed by atoms with Crippen LogP contribution in [0.5, 0.6) is 0 Å². The maximum Gasteiger partial charge on any atom is 0.252 e. The Labute approximate surface area is 178 Å². The lowest BCUT2D eigenvalue weighted by Crippen LogP contribution is -2.36. The minimum absolute atomic E-state index is 0.0471. The number of aromatic nitrogens is 3. The Balaban J connectivity index is 1.50. The molecule has 2 aromatic heterocycles. The molecule has 0 spiro atoms. The van der Waals surface area contributed by atoms with Crippen LogP contribution >= 0.6 is 0 Å². The van der Waals surface area contributed by atoms with Crippen molar-refractivity contribution in [3.8, 4) is 11.4 Å². The number of aryl methyl sites for hydroxylation is 1. The molecule has 3 aromatic rings. The Morgan fingerprint density at radius 1 is 1.10 bits per heavy atom.